The summed E-state index contributed by atoms with van der Waals surface area (Å²) < 4.78 is 0. The molecule has 1 aliphatic rings. The average molecular weight is 607 g/mol. The van der Waals surface area contributed by atoms with E-state index >= 15 is 0 Å². The third-order valence-electron chi connectivity index (χ3n) is 4.69. The molecule has 0 saturated heterocycles. The second-order valence-corrected chi connectivity index (χ2v) is 7.97. The highest BCUT2D eigenvalue weighted by molar-refractivity contribution is 14.0. The number of aliphatic imine (C=N–C) groups is 1. The number of benzene rings is 3. The Morgan fingerprint density at radius 3 is 1.82 bits per heavy atom. The minimum absolute atomic E-state index is 0. The van der Waals surface area contributed by atoms with Crippen LogP contribution in [0.1, 0.15) is 22.7 Å². The van der Waals surface area contributed by atoms with E-state index in [0.29, 0.717) is 16.0 Å². The van der Waals surface area contributed by atoms with Gasteiger partial charge in [-0.3, -0.25) is 10.2 Å². The third-order valence-corrected chi connectivity index (χ3v) is 5.19. The molecule has 1 heterocycles. The number of halogens is 3. The standard InChI is InChI=1S/C17H12Cl2O.C9H12N4.HI/c18-15-7-1-13(2-8-15)5-11-17(20)12-6-14-3-9-16(19)10-4-14;10-13-9-11-6-8(12-9)7-4-2-1-3-5-7;/h1-12H;1-5,8H,6,10H2,(H2,11,12,13);1H/b11-5+,12-6+;;. The van der Waals surface area contributed by atoms with Gasteiger partial charge in [0.25, 0.3) is 0 Å². The first-order chi connectivity index (χ1) is 16.0. The van der Waals surface area contributed by atoms with Crippen LogP contribution in [-0.4, -0.2) is 18.3 Å². The van der Waals surface area contributed by atoms with Crippen molar-refractivity contribution in [2.24, 2.45) is 10.8 Å². The summed E-state index contributed by atoms with van der Waals surface area (Å²) in [7, 11) is 0. The van der Waals surface area contributed by atoms with Crippen LogP contribution in [0.5, 0.6) is 0 Å². The lowest BCUT2D eigenvalue weighted by molar-refractivity contribution is -0.110. The second kappa shape index (κ2) is 14.6. The first-order valence-electron chi connectivity index (χ1n) is 10.3. The van der Waals surface area contributed by atoms with Crippen molar-refractivity contribution in [3.8, 4) is 0 Å². The van der Waals surface area contributed by atoms with Crippen molar-refractivity contribution in [3.63, 3.8) is 0 Å². The number of allylic oxidation sites excluding steroid dienone is 2. The number of rotatable bonds is 5. The fourth-order valence-corrected chi connectivity index (χ4v) is 3.21. The molecule has 3 aromatic carbocycles. The van der Waals surface area contributed by atoms with E-state index in [1.54, 1.807) is 36.4 Å². The van der Waals surface area contributed by atoms with E-state index in [2.05, 4.69) is 27.9 Å². The minimum atomic E-state index is -0.0742. The molecule has 1 aliphatic heterocycles. The molecular weight excluding hydrogens is 582 g/mol. The van der Waals surface area contributed by atoms with Gasteiger partial charge in [0.1, 0.15) is 0 Å². The van der Waals surface area contributed by atoms with Crippen molar-refractivity contribution in [2.45, 2.75) is 6.04 Å². The Bertz CT molecular complexity index is 1070. The molecule has 0 amide bonds. The number of hydrogen-bond acceptors (Lipinski definition) is 5. The first kappa shape index (κ1) is 27.6. The highest BCUT2D eigenvalue weighted by Gasteiger charge is 2.16. The molecule has 0 bridgehead atoms. The molecular formula is C26H25Cl2IN4O. The van der Waals surface area contributed by atoms with E-state index in [1.165, 1.54) is 17.7 Å². The second-order valence-electron chi connectivity index (χ2n) is 7.10. The van der Waals surface area contributed by atoms with Crippen LogP contribution < -0.4 is 16.6 Å². The van der Waals surface area contributed by atoms with Gasteiger partial charge in [-0.15, -0.1) is 24.0 Å². The number of nitrogens with one attached hydrogen (secondary N) is 2. The van der Waals surface area contributed by atoms with Gasteiger partial charge >= 0.3 is 0 Å². The quantitative estimate of drug-likeness (QED) is 0.143. The van der Waals surface area contributed by atoms with Gasteiger partial charge in [-0.25, -0.2) is 10.8 Å². The summed E-state index contributed by atoms with van der Waals surface area (Å²) in [5, 5.41) is 4.42. The number of hydrazine groups is 1. The van der Waals surface area contributed by atoms with Gasteiger partial charge in [-0.05, 0) is 53.1 Å². The first-order valence-corrected chi connectivity index (χ1v) is 11.0. The number of nitrogens with zero attached hydrogens (tertiary/aromatic N) is 1. The number of carbonyl (C=O) groups excluding carboxylic acids is 1. The molecule has 0 radical (unpaired) electrons. The Labute approximate surface area is 226 Å². The summed E-state index contributed by atoms with van der Waals surface area (Å²) in [5.41, 5.74) is 5.58. The minimum Gasteiger partial charge on any atom is -0.353 e. The van der Waals surface area contributed by atoms with Crippen molar-refractivity contribution < 1.29 is 4.79 Å². The molecule has 0 fully saturated rings. The van der Waals surface area contributed by atoms with E-state index in [9.17, 15) is 4.79 Å². The molecule has 3 aromatic rings. The molecule has 1 unspecified atom stereocenters. The zero-order valence-corrected chi connectivity index (χ0v) is 22.0. The van der Waals surface area contributed by atoms with Crippen LogP contribution in [0.3, 0.4) is 0 Å². The molecule has 34 heavy (non-hydrogen) atoms. The Kier molecular flexibility index (Phi) is 11.8. The number of nitrogens with two attached hydrogens (primary N) is 1. The lowest BCUT2D eigenvalue weighted by Gasteiger charge is -2.04. The number of carbonyl (C=O) groups is 1. The molecule has 0 aromatic heterocycles. The monoisotopic (exact) mass is 606 g/mol. The van der Waals surface area contributed by atoms with E-state index in [0.717, 1.165) is 17.7 Å². The number of ketones is 1. The molecule has 8 heteroatoms. The SMILES string of the molecule is I.NNC1=NC(c2ccccc2)CN1.O=C(/C=C/c1ccc(Cl)cc1)/C=C/c1ccc(Cl)cc1. The van der Waals surface area contributed by atoms with E-state index in [1.807, 2.05) is 42.5 Å². The summed E-state index contributed by atoms with van der Waals surface area (Å²) >= 11 is 11.6. The van der Waals surface area contributed by atoms with Crippen LogP contribution in [0.15, 0.2) is 96.0 Å². The maximum absolute atomic E-state index is 11.7. The molecule has 0 aliphatic carbocycles. The van der Waals surface area contributed by atoms with E-state index in [-0.39, 0.29) is 35.8 Å². The molecule has 5 nitrogen and oxygen atoms in total. The summed E-state index contributed by atoms with van der Waals surface area (Å²) in [6, 6.07) is 24.9. The largest absolute Gasteiger partial charge is 0.353 e. The lowest BCUT2D eigenvalue weighted by Crippen LogP contribution is -2.38. The average Bonchev–Trinajstić information content (AvgIpc) is 3.34. The molecule has 4 N–H and O–H groups in total. The topological polar surface area (TPSA) is 79.5 Å². The number of guanidine groups is 1. The normalized spacial score (nSPS) is 14.6. The van der Waals surface area contributed by atoms with Gasteiger partial charge in [0.2, 0.25) is 5.96 Å². The highest BCUT2D eigenvalue weighted by Crippen LogP contribution is 2.18. The molecule has 176 valence electrons. The van der Waals surface area contributed by atoms with Crippen molar-refractivity contribution in [3.05, 3.63) is 118 Å². The van der Waals surface area contributed by atoms with Gasteiger partial charge in [-0.1, -0.05) is 90.0 Å². The Morgan fingerprint density at radius 2 is 1.38 bits per heavy atom. The van der Waals surface area contributed by atoms with Crippen LogP contribution in [-0.2, 0) is 4.79 Å². The summed E-state index contributed by atoms with van der Waals surface area (Å²) in [6.45, 7) is 0.809. The molecule has 4 rings (SSSR count). The van der Waals surface area contributed by atoms with Crippen LogP contribution >= 0.6 is 47.2 Å². The predicted molar refractivity (Wildman–Crippen MR) is 153 cm³/mol. The predicted octanol–water partition coefficient (Wildman–Crippen LogP) is 6.06. The summed E-state index contributed by atoms with van der Waals surface area (Å²) in [6.07, 6.45) is 6.56. The Morgan fingerprint density at radius 1 is 0.882 bits per heavy atom. The highest BCUT2D eigenvalue weighted by atomic mass is 127. The van der Waals surface area contributed by atoms with Gasteiger partial charge in [-0.2, -0.15) is 0 Å². The number of hydrogen-bond donors (Lipinski definition) is 3. The zero-order chi connectivity index (χ0) is 23.5. The molecule has 1 atom stereocenters. The van der Waals surface area contributed by atoms with Gasteiger partial charge < -0.3 is 5.32 Å². The van der Waals surface area contributed by atoms with E-state index in [4.69, 9.17) is 29.0 Å². The maximum Gasteiger partial charge on any atom is 0.206 e. The van der Waals surface area contributed by atoms with Crippen LogP contribution in [0.4, 0.5) is 0 Å². The fourth-order valence-electron chi connectivity index (χ4n) is 2.96. The van der Waals surface area contributed by atoms with Crippen molar-refractivity contribution in [2.75, 3.05) is 6.54 Å². The van der Waals surface area contributed by atoms with Crippen molar-refractivity contribution >= 4 is 71.1 Å². The summed E-state index contributed by atoms with van der Waals surface area (Å²) in [4.78, 5) is 16.0. The van der Waals surface area contributed by atoms with Gasteiger partial charge in [0, 0.05) is 16.6 Å². The van der Waals surface area contributed by atoms with Gasteiger partial charge in [0.15, 0.2) is 5.78 Å². The Hall–Kier alpha value is -2.65. The van der Waals surface area contributed by atoms with E-state index < -0.39 is 0 Å². The zero-order valence-electron chi connectivity index (χ0n) is 18.2. The van der Waals surface area contributed by atoms with Crippen molar-refractivity contribution in [1.82, 2.24) is 10.7 Å². The third kappa shape index (κ3) is 9.30. The smallest absolute Gasteiger partial charge is 0.206 e. The van der Waals surface area contributed by atoms with Crippen molar-refractivity contribution in [1.29, 1.82) is 0 Å². The fraction of sp³-hybridized carbons (Fsp3) is 0.0769. The maximum atomic E-state index is 11.7. The molecule has 0 spiro atoms. The Balaban J connectivity index is 0.000000253. The van der Waals surface area contributed by atoms with Gasteiger partial charge in [0.05, 0.1) is 6.04 Å². The van der Waals surface area contributed by atoms with Crippen LogP contribution in [0, 0.1) is 0 Å². The van der Waals surface area contributed by atoms with Crippen LogP contribution in [0.2, 0.25) is 10.0 Å². The molecule has 0 saturated carbocycles. The lowest BCUT2D eigenvalue weighted by atomic mass is 10.1. The van der Waals surface area contributed by atoms with Crippen LogP contribution in [0.25, 0.3) is 12.2 Å². The summed E-state index contributed by atoms with van der Waals surface area (Å²) in [5.74, 6) is 5.82.